The molecule has 0 radical (unpaired) electrons. The first kappa shape index (κ1) is 31.1. The minimum Gasteiger partial charge on any atom is -0.465 e. The van der Waals surface area contributed by atoms with Crippen molar-refractivity contribution >= 4 is 31.7 Å². The van der Waals surface area contributed by atoms with Crippen molar-refractivity contribution < 1.29 is 33.7 Å². The minimum atomic E-state index is -1.29. The molecule has 4 bridgehead atoms. The lowest BCUT2D eigenvalue weighted by Gasteiger charge is -2.21. The van der Waals surface area contributed by atoms with Gasteiger partial charge in [0.15, 0.2) is 0 Å². The fraction of sp³-hybridized carbons (Fsp3) is 0.556. The molecule has 0 saturated heterocycles. The molecular formula is C27H41N5O7Si. The molecule has 2 aliphatic heterocycles. The van der Waals surface area contributed by atoms with Crippen LogP contribution in [0.5, 0.6) is 0 Å². The Morgan fingerprint density at radius 2 is 1.98 bits per heavy atom. The van der Waals surface area contributed by atoms with Gasteiger partial charge in [-0.05, 0) is 37.1 Å². The number of fused-ring (bicyclic) bond motifs is 9. The maximum atomic E-state index is 12.6. The smallest absolute Gasteiger partial charge is 0.411 e. The highest BCUT2D eigenvalue weighted by Crippen LogP contribution is 2.44. The quantitative estimate of drug-likeness (QED) is 0.245. The van der Waals surface area contributed by atoms with Crippen LogP contribution in [0.25, 0.3) is 5.57 Å². The zero-order chi connectivity index (χ0) is 29.3. The Balaban J connectivity index is 1.91. The first-order valence-corrected chi connectivity index (χ1v) is 17.2. The summed E-state index contributed by atoms with van der Waals surface area (Å²) in [5.74, 6) is 0.0987. The normalized spacial score (nSPS) is 22.7. The van der Waals surface area contributed by atoms with Crippen LogP contribution in [0.4, 0.5) is 9.59 Å². The highest BCUT2D eigenvalue weighted by Gasteiger charge is 2.37. The van der Waals surface area contributed by atoms with E-state index in [1.54, 1.807) is 12.2 Å². The van der Waals surface area contributed by atoms with Gasteiger partial charge in [-0.25, -0.2) is 14.6 Å². The molecule has 3 heterocycles. The number of ether oxygens (including phenoxy) is 3. The van der Waals surface area contributed by atoms with E-state index in [4.69, 9.17) is 19.2 Å². The number of amides is 3. The monoisotopic (exact) mass is 575 g/mol. The van der Waals surface area contributed by atoms with Crippen molar-refractivity contribution in [3.8, 4) is 0 Å². The maximum absolute atomic E-state index is 12.6. The second-order valence-corrected chi connectivity index (χ2v) is 16.7. The van der Waals surface area contributed by atoms with E-state index in [1.165, 1.54) is 13.3 Å². The van der Waals surface area contributed by atoms with Crippen LogP contribution in [-0.4, -0.2) is 67.8 Å². The number of hydrogen-bond acceptors (Lipinski definition) is 7. The van der Waals surface area contributed by atoms with Crippen LogP contribution in [0.1, 0.15) is 49.4 Å². The Labute approximate surface area is 235 Å². The van der Waals surface area contributed by atoms with E-state index in [-0.39, 0.29) is 31.8 Å². The van der Waals surface area contributed by atoms with Crippen molar-refractivity contribution in [3.05, 3.63) is 47.3 Å². The molecule has 1 aromatic rings. The fourth-order valence-electron chi connectivity index (χ4n) is 4.16. The van der Waals surface area contributed by atoms with Crippen LogP contribution in [0.3, 0.4) is 0 Å². The zero-order valence-electron chi connectivity index (χ0n) is 23.9. The van der Waals surface area contributed by atoms with Crippen LogP contribution in [0.15, 0.2) is 30.1 Å². The number of nitrogens with one attached hydrogen (secondary N) is 3. The molecule has 13 heteroatoms. The van der Waals surface area contributed by atoms with E-state index >= 15 is 0 Å². The van der Waals surface area contributed by atoms with Crippen LogP contribution >= 0.6 is 0 Å². The van der Waals surface area contributed by atoms with E-state index in [2.05, 4.69) is 35.6 Å². The summed E-state index contributed by atoms with van der Waals surface area (Å²) < 4.78 is 18.0. The lowest BCUT2D eigenvalue weighted by molar-refractivity contribution is -0.123. The predicted octanol–water partition coefficient (Wildman–Crippen LogP) is 3.96. The lowest BCUT2D eigenvalue weighted by atomic mass is 10.00. The number of hydrogen-bond donors (Lipinski definition) is 4. The van der Waals surface area contributed by atoms with Crippen LogP contribution in [0, 0.1) is 5.92 Å². The highest BCUT2D eigenvalue weighted by atomic mass is 28.3. The Morgan fingerprint density at radius 1 is 1.20 bits per heavy atom. The third-order valence-electron chi connectivity index (χ3n) is 6.53. The molecule has 40 heavy (non-hydrogen) atoms. The maximum Gasteiger partial charge on any atom is 0.411 e. The van der Waals surface area contributed by atoms with Crippen LogP contribution in [-0.2, 0) is 25.7 Å². The summed E-state index contributed by atoms with van der Waals surface area (Å²) >= 11 is 0. The third kappa shape index (κ3) is 9.35. The fourth-order valence-corrected chi connectivity index (χ4v) is 4.92. The van der Waals surface area contributed by atoms with Gasteiger partial charge in [-0.15, -0.1) is 0 Å². The topological polar surface area (TPSA) is 153 Å². The van der Waals surface area contributed by atoms with Gasteiger partial charge in [-0.2, -0.15) is 0 Å². The summed E-state index contributed by atoms with van der Waals surface area (Å²) in [5, 5.41) is 17.5. The Hall–Kier alpha value is -3.42. The Bertz CT molecular complexity index is 1170. The summed E-state index contributed by atoms with van der Waals surface area (Å²) in [6, 6.07) is 0.452. The number of carbonyl (C=O) groups is 3. The largest absolute Gasteiger partial charge is 0.465 e. The van der Waals surface area contributed by atoms with Crippen LogP contribution in [0.2, 0.25) is 25.7 Å². The molecule has 0 spiro atoms. The number of rotatable bonds is 10. The van der Waals surface area contributed by atoms with Gasteiger partial charge >= 0.3 is 12.2 Å². The number of carboxylic acid groups (broad SMARTS) is 1. The summed E-state index contributed by atoms with van der Waals surface area (Å²) in [4.78, 5) is 41.2. The average Bonchev–Trinajstić information content (AvgIpc) is 3.41. The van der Waals surface area contributed by atoms with Crippen molar-refractivity contribution in [2.45, 2.75) is 64.6 Å². The van der Waals surface area contributed by atoms with Gasteiger partial charge in [0, 0.05) is 45.2 Å². The zero-order valence-corrected chi connectivity index (χ0v) is 24.9. The van der Waals surface area contributed by atoms with Crippen molar-refractivity contribution in [2.75, 3.05) is 26.9 Å². The average molecular weight is 576 g/mol. The van der Waals surface area contributed by atoms with E-state index in [0.717, 1.165) is 23.0 Å². The highest BCUT2D eigenvalue weighted by molar-refractivity contribution is 6.76. The van der Waals surface area contributed by atoms with Gasteiger partial charge in [-0.1, -0.05) is 33.0 Å². The standard InChI is InChI=1S/C27H41N5O7Si/c1-18-7-6-8-21(30-26(34)35)24-31-22-20(23(22)32(24)17-38-15-16-40(3,4)5)10-9-19(11-12-28-25(18)33)29-27(36)39-14-13-37-2/h9-12,18,21,30H,6-8,13-17H2,1-5H3,(H,28,33)(H,29,36)(H,34,35)/b12-11+,19-9-,20-10-/t18-,21+/m1/s1. The Kier molecular flexibility index (Phi) is 11.1. The van der Waals surface area contributed by atoms with E-state index in [9.17, 15) is 19.5 Å². The van der Waals surface area contributed by atoms with E-state index in [0.29, 0.717) is 37.4 Å². The number of methoxy groups -OCH3 is 1. The van der Waals surface area contributed by atoms with Crippen molar-refractivity contribution in [1.29, 1.82) is 0 Å². The van der Waals surface area contributed by atoms with Crippen molar-refractivity contribution in [2.24, 2.45) is 5.92 Å². The lowest BCUT2D eigenvalue weighted by Crippen LogP contribution is -2.30. The predicted molar refractivity (Wildman–Crippen MR) is 152 cm³/mol. The van der Waals surface area contributed by atoms with Crippen molar-refractivity contribution in [1.82, 2.24) is 25.5 Å². The Morgan fingerprint density at radius 3 is 2.67 bits per heavy atom. The molecule has 3 aliphatic rings. The van der Waals surface area contributed by atoms with Gasteiger partial charge in [0.05, 0.1) is 24.0 Å². The first-order chi connectivity index (χ1) is 19.0. The number of carbonyl (C=O) groups excluding carboxylic acids is 2. The SMILES string of the molecule is COCCOC(=O)NC1=C\C=C2\c3nc(n(COCC[Si](C)(C)C)c32)[C@@H](NC(=O)O)CCC[C@@H](C)C(=O)N\C=C\1. The summed E-state index contributed by atoms with van der Waals surface area (Å²) in [5.41, 5.74) is 2.89. The second-order valence-electron chi connectivity index (χ2n) is 11.1. The number of allylic oxidation sites excluding steroid dienone is 3. The molecular weight excluding hydrogens is 534 g/mol. The first-order valence-electron chi connectivity index (χ1n) is 13.5. The van der Waals surface area contributed by atoms with E-state index < -0.39 is 26.3 Å². The molecule has 0 aromatic carbocycles. The van der Waals surface area contributed by atoms with Gasteiger partial charge in [0.2, 0.25) is 5.91 Å². The van der Waals surface area contributed by atoms with Gasteiger partial charge in [0.1, 0.15) is 19.2 Å². The molecule has 12 nitrogen and oxygen atoms in total. The van der Waals surface area contributed by atoms with Gasteiger partial charge in [0.25, 0.3) is 0 Å². The van der Waals surface area contributed by atoms with Gasteiger partial charge < -0.3 is 34.5 Å². The summed E-state index contributed by atoms with van der Waals surface area (Å²) in [6.45, 7) is 9.88. The number of alkyl carbamates (subject to hydrolysis) is 1. The molecule has 3 amide bonds. The molecule has 0 unspecified atom stereocenters. The molecule has 2 atom stereocenters. The third-order valence-corrected chi connectivity index (χ3v) is 8.24. The molecule has 4 rings (SSSR count). The minimum absolute atomic E-state index is 0.0974. The molecule has 1 aliphatic carbocycles. The molecule has 4 N–H and O–H groups in total. The number of imidazole rings is 1. The van der Waals surface area contributed by atoms with Crippen LogP contribution < -0.4 is 16.0 Å². The van der Waals surface area contributed by atoms with E-state index in [1.807, 2.05) is 17.6 Å². The number of aromatic nitrogens is 2. The van der Waals surface area contributed by atoms with Gasteiger partial charge in [-0.3, -0.25) is 10.1 Å². The second kappa shape index (κ2) is 14.3. The van der Waals surface area contributed by atoms with Crippen molar-refractivity contribution in [3.63, 3.8) is 0 Å². The molecule has 0 fully saturated rings. The number of nitrogens with zero attached hydrogens (tertiary/aromatic N) is 2. The summed E-state index contributed by atoms with van der Waals surface area (Å²) in [6.07, 6.45) is 6.42. The molecule has 220 valence electrons. The molecule has 0 saturated carbocycles. The molecule has 1 aromatic heterocycles. The summed E-state index contributed by atoms with van der Waals surface area (Å²) in [7, 11) is 0.228.